The third kappa shape index (κ3) is 4.38. The van der Waals surface area contributed by atoms with Crippen LogP contribution in [0.3, 0.4) is 0 Å². The molecule has 5 heteroatoms. The van der Waals surface area contributed by atoms with Crippen LogP contribution in [0.15, 0.2) is 59.6 Å². The summed E-state index contributed by atoms with van der Waals surface area (Å²) in [5, 5.41) is 6.71. The number of guanidine groups is 1. The lowest BCUT2D eigenvalue weighted by atomic mass is 10.1. The molecule has 1 aromatic heterocycles. The van der Waals surface area contributed by atoms with Gasteiger partial charge in [0.2, 0.25) is 0 Å². The predicted molar refractivity (Wildman–Crippen MR) is 104 cm³/mol. The second-order valence-electron chi connectivity index (χ2n) is 6.02. The number of imidazole rings is 1. The largest absolute Gasteiger partial charge is 0.356 e. The number of aliphatic imine (C=N–C) groups is 1. The Morgan fingerprint density at radius 3 is 2.56 bits per heavy atom. The van der Waals surface area contributed by atoms with Crippen molar-refractivity contribution < 1.29 is 0 Å². The molecule has 2 aromatic carbocycles. The van der Waals surface area contributed by atoms with E-state index in [4.69, 9.17) is 0 Å². The summed E-state index contributed by atoms with van der Waals surface area (Å²) in [6, 6.07) is 18.7. The Labute approximate surface area is 148 Å². The van der Waals surface area contributed by atoms with E-state index in [1.807, 2.05) is 25.2 Å². The summed E-state index contributed by atoms with van der Waals surface area (Å²) in [6.45, 7) is 1.53. The van der Waals surface area contributed by atoms with Gasteiger partial charge in [0.05, 0.1) is 17.6 Å². The monoisotopic (exact) mass is 335 g/mol. The van der Waals surface area contributed by atoms with Gasteiger partial charge in [0.25, 0.3) is 0 Å². The molecule has 2 N–H and O–H groups in total. The van der Waals surface area contributed by atoms with Crippen LogP contribution in [0, 0.1) is 0 Å². The fourth-order valence-corrected chi connectivity index (χ4v) is 2.88. The van der Waals surface area contributed by atoms with Gasteiger partial charge in [-0.25, -0.2) is 4.98 Å². The van der Waals surface area contributed by atoms with Crippen LogP contribution in [0.4, 0.5) is 0 Å². The first-order chi connectivity index (χ1) is 12.3. The van der Waals surface area contributed by atoms with Crippen molar-refractivity contribution in [1.29, 1.82) is 0 Å². The van der Waals surface area contributed by atoms with Crippen molar-refractivity contribution in [3.8, 4) is 0 Å². The van der Waals surface area contributed by atoms with Crippen LogP contribution in [0.1, 0.15) is 17.8 Å². The molecule has 25 heavy (non-hydrogen) atoms. The minimum atomic E-state index is 0.642. The van der Waals surface area contributed by atoms with Gasteiger partial charge in [0.1, 0.15) is 5.82 Å². The molecular weight excluding hydrogens is 310 g/mol. The lowest BCUT2D eigenvalue weighted by Crippen LogP contribution is -2.37. The first kappa shape index (κ1) is 17.0. The Morgan fingerprint density at radius 2 is 1.80 bits per heavy atom. The summed E-state index contributed by atoms with van der Waals surface area (Å²) >= 11 is 0. The van der Waals surface area contributed by atoms with Gasteiger partial charge in [-0.05, 0) is 30.5 Å². The van der Waals surface area contributed by atoms with Crippen molar-refractivity contribution >= 4 is 17.0 Å². The van der Waals surface area contributed by atoms with E-state index in [9.17, 15) is 0 Å². The molecule has 0 spiro atoms. The smallest absolute Gasteiger partial charge is 0.191 e. The molecule has 3 aromatic rings. The highest BCUT2D eigenvalue weighted by Crippen LogP contribution is 2.13. The van der Waals surface area contributed by atoms with Gasteiger partial charge in [0.15, 0.2) is 5.96 Å². The Balaban J connectivity index is 1.48. The number of benzene rings is 2. The molecule has 0 amide bonds. The minimum Gasteiger partial charge on any atom is -0.356 e. The van der Waals surface area contributed by atoms with Crippen molar-refractivity contribution in [3.63, 3.8) is 0 Å². The minimum absolute atomic E-state index is 0.642. The van der Waals surface area contributed by atoms with Crippen LogP contribution in [0.5, 0.6) is 0 Å². The molecule has 0 aliphatic carbocycles. The average molecular weight is 335 g/mol. The average Bonchev–Trinajstić information content (AvgIpc) is 2.98. The van der Waals surface area contributed by atoms with Gasteiger partial charge < -0.3 is 15.2 Å². The van der Waals surface area contributed by atoms with Gasteiger partial charge in [-0.15, -0.1) is 0 Å². The predicted octanol–water partition coefficient (Wildman–Crippen LogP) is 2.87. The number of hydrogen-bond acceptors (Lipinski definition) is 2. The molecule has 0 saturated carbocycles. The van der Waals surface area contributed by atoms with E-state index in [1.165, 1.54) is 5.56 Å². The second kappa shape index (κ2) is 8.33. The molecule has 130 valence electrons. The number of para-hydroxylation sites is 2. The SMILES string of the molecule is CN=C(NCCCc1ccccc1)NCc1nc2ccccc2n1C. The van der Waals surface area contributed by atoms with Crippen LogP contribution >= 0.6 is 0 Å². The van der Waals surface area contributed by atoms with E-state index < -0.39 is 0 Å². The van der Waals surface area contributed by atoms with Crippen LogP contribution in [-0.2, 0) is 20.0 Å². The number of rotatable bonds is 6. The molecular formula is C20H25N5. The van der Waals surface area contributed by atoms with Gasteiger partial charge in [-0.2, -0.15) is 0 Å². The van der Waals surface area contributed by atoms with Crippen molar-refractivity contribution in [3.05, 3.63) is 66.0 Å². The summed E-state index contributed by atoms with van der Waals surface area (Å²) in [7, 11) is 3.84. The highest BCUT2D eigenvalue weighted by atomic mass is 15.2. The van der Waals surface area contributed by atoms with E-state index in [-0.39, 0.29) is 0 Å². The maximum Gasteiger partial charge on any atom is 0.191 e. The Morgan fingerprint density at radius 1 is 1.04 bits per heavy atom. The van der Waals surface area contributed by atoms with Gasteiger partial charge in [-0.3, -0.25) is 4.99 Å². The van der Waals surface area contributed by atoms with Crippen LogP contribution in [0.2, 0.25) is 0 Å². The van der Waals surface area contributed by atoms with E-state index in [0.717, 1.165) is 42.2 Å². The molecule has 0 aliphatic heterocycles. The topological polar surface area (TPSA) is 54.2 Å². The number of hydrogen-bond donors (Lipinski definition) is 2. The zero-order valence-corrected chi connectivity index (χ0v) is 14.9. The second-order valence-corrected chi connectivity index (χ2v) is 6.02. The molecule has 3 rings (SSSR count). The summed E-state index contributed by atoms with van der Waals surface area (Å²) < 4.78 is 2.12. The zero-order chi connectivity index (χ0) is 17.5. The van der Waals surface area contributed by atoms with E-state index in [1.54, 1.807) is 7.05 Å². The number of nitrogens with zero attached hydrogens (tertiary/aromatic N) is 3. The zero-order valence-electron chi connectivity index (χ0n) is 14.9. The Bertz CT molecular complexity index is 836. The van der Waals surface area contributed by atoms with Crippen LogP contribution < -0.4 is 10.6 Å². The molecule has 0 aliphatic rings. The molecule has 0 fully saturated rings. The summed E-state index contributed by atoms with van der Waals surface area (Å²) in [5.74, 6) is 1.80. The van der Waals surface area contributed by atoms with Crippen molar-refractivity contribution in [2.24, 2.45) is 12.0 Å². The number of aryl methyl sites for hydroxylation is 2. The normalized spacial score (nSPS) is 11.7. The fraction of sp³-hybridized carbons (Fsp3) is 0.300. The van der Waals surface area contributed by atoms with Crippen molar-refractivity contribution in [2.45, 2.75) is 19.4 Å². The fourth-order valence-electron chi connectivity index (χ4n) is 2.88. The van der Waals surface area contributed by atoms with Gasteiger partial charge in [-0.1, -0.05) is 42.5 Å². The van der Waals surface area contributed by atoms with E-state index >= 15 is 0 Å². The Kier molecular flexibility index (Phi) is 5.67. The maximum absolute atomic E-state index is 4.67. The van der Waals surface area contributed by atoms with Gasteiger partial charge >= 0.3 is 0 Å². The van der Waals surface area contributed by atoms with E-state index in [2.05, 4.69) is 61.6 Å². The number of nitrogens with one attached hydrogen (secondary N) is 2. The first-order valence-corrected chi connectivity index (χ1v) is 8.66. The number of aromatic nitrogens is 2. The molecule has 1 heterocycles. The maximum atomic E-state index is 4.67. The Hall–Kier alpha value is -2.82. The molecule has 0 unspecified atom stereocenters. The molecule has 0 bridgehead atoms. The van der Waals surface area contributed by atoms with Crippen LogP contribution in [-0.4, -0.2) is 29.1 Å². The molecule has 5 nitrogen and oxygen atoms in total. The highest BCUT2D eigenvalue weighted by Gasteiger charge is 2.07. The summed E-state index contributed by atoms with van der Waals surface area (Å²) in [4.78, 5) is 8.96. The number of fused-ring (bicyclic) bond motifs is 1. The lowest BCUT2D eigenvalue weighted by Gasteiger charge is -2.12. The summed E-state index contributed by atoms with van der Waals surface area (Å²) in [5.41, 5.74) is 3.53. The lowest BCUT2D eigenvalue weighted by molar-refractivity contribution is 0.715. The standard InChI is InChI=1S/C20H25N5/c1-21-20(22-14-8-11-16-9-4-3-5-10-16)23-15-19-24-17-12-6-7-13-18(17)25(19)2/h3-7,9-10,12-13H,8,11,14-15H2,1-2H3,(H2,21,22,23). The van der Waals surface area contributed by atoms with Crippen LogP contribution in [0.25, 0.3) is 11.0 Å². The quantitative estimate of drug-likeness (QED) is 0.414. The highest BCUT2D eigenvalue weighted by molar-refractivity contribution is 5.80. The van der Waals surface area contributed by atoms with Crippen molar-refractivity contribution in [2.75, 3.05) is 13.6 Å². The molecule has 0 atom stereocenters. The molecule has 0 radical (unpaired) electrons. The molecule has 0 saturated heterocycles. The third-order valence-corrected chi connectivity index (χ3v) is 4.29. The van der Waals surface area contributed by atoms with Gasteiger partial charge in [0, 0.05) is 20.6 Å². The van der Waals surface area contributed by atoms with E-state index in [0.29, 0.717) is 6.54 Å². The third-order valence-electron chi connectivity index (χ3n) is 4.29. The first-order valence-electron chi connectivity index (χ1n) is 8.66. The van der Waals surface area contributed by atoms with Crippen molar-refractivity contribution in [1.82, 2.24) is 20.2 Å². The summed E-state index contributed by atoms with van der Waals surface area (Å²) in [6.07, 6.45) is 2.13.